The van der Waals surface area contributed by atoms with E-state index in [1.807, 2.05) is 13.8 Å². The van der Waals surface area contributed by atoms with Gasteiger partial charge in [0.25, 0.3) is 5.91 Å². The van der Waals surface area contributed by atoms with E-state index in [0.717, 1.165) is 23.4 Å². The van der Waals surface area contributed by atoms with Crippen molar-refractivity contribution in [2.45, 2.75) is 40.0 Å². The van der Waals surface area contributed by atoms with Crippen molar-refractivity contribution in [2.24, 2.45) is 0 Å². The molecule has 2 rings (SSSR count). The van der Waals surface area contributed by atoms with Crippen molar-refractivity contribution in [3.63, 3.8) is 0 Å². The second-order valence-electron chi connectivity index (χ2n) is 5.56. The van der Waals surface area contributed by atoms with Crippen molar-refractivity contribution in [2.75, 3.05) is 6.61 Å². The van der Waals surface area contributed by atoms with Crippen LogP contribution >= 0.6 is 23.2 Å². The van der Waals surface area contributed by atoms with E-state index in [1.165, 1.54) is 4.68 Å². The molecule has 1 unspecified atom stereocenters. The number of halogens is 2. The first kappa shape index (κ1) is 17.8. The molecule has 0 saturated heterocycles. The van der Waals surface area contributed by atoms with E-state index in [1.54, 1.807) is 18.2 Å². The maximum Gasteiger partial charge on any atom is 0.284 e. The van der Waals surface area contributed by atoms with Gasteiger partial charge in [-0.2, -0.15) is 5.10 Å². The van der Waals surface area contributed by atoms with E-state index in [2.05, 4.69) is 18.9 Å². The normalized spacial score (nSPS) is 12.3. The molecule has 1 aromatic heterocycles. The Kier molecular flexibility index (Phi) is 5.71. The average molecular weight is 355 g/mol. The zero-order valence-electron chi connectivity index (χ0n) is 13.7. The molecule has 6 heteroatoms. The third kappa shape index (κ3) is 3.88. The van der Waals surface area contributed by atoms with Gasteiger partial charge in [-0.1, -0.05) is 37.0 Å². The van der Waals surface area contributed by atoms with Crippen molar-refractivity contribution in [3.05, 3.63) is 45.2 Å². The van der Waals surface area contributed by atoms with Gasteiger partial charge in [0.05, 0.1) is 10.7 Å². The lowest BCUT2D eigenvalue weighted by molar-refractivity contribution is 0.0818. The zero-order valence-corrected chi connectivity index (χ0v) is 15.2. The van der Waals surface area contributed by atoms with E-state index in [0.29, 0.717) is 21.7 Å². The minimum atomic E-state index is -0.230. The molecule has 0 N–H and O–H groups in total. The Labute approximate surface area is 146 Å². The lowest BCUT2D eigenvalue weighted by Crippen LogP contribution is -2.22. The molecule has 0 aliphatic carbocycles. The molecule has 0 bridgehead atoms. The summed E-state index contributed by atoms with van der Waals surface area (Å²) in [7, 11) is 0. The van der Waals surface area contributed by atoms with Gasteiger partial charge < -0.3 is 4.74 Å². The molecule has 0 saturated carbocycles. The van der Waals surface area contributed by atoms with Crippen molar-refractivity contribution >= 4 is 29.1 Å². The first-order valence-electron chi connectivity index (χ1n) is 7.52. The van der Waals surface area contributed by atoms with Crippen LogP contribution in [0.4, 0.5) is 0 Å². The number of rotatable bonds is 5. The molecular weight excluding hydrogens is 335 g/mol. The summed E-state index contributed by atoms with van der Waals surface area (Å²) >= 11 is 11.9. The number of benzene rings is 1. The highest BCUT2D eigenvalue weighted by molar-refractivity contribution is 6.35. The highest BCUT2D eigenvalue weighted by Gasteiger charge is 2.20. The number of hydrogen-bond acceptors (Lipinski definition) is 3. The van der Waals surface area contributed by atoms with Crippen LogP contribution in [-0.4, -0.2) is 22.3 Å². The highest BCUT2D eigenvalue weighted by atomic mass is 35.5. The standard InChI is InChI=1S/C17H20Cl2N2O2/c1-5-10(2)17-11(3)20-21(12(17)4)16(22)9-23-15-7-6-13(18)8-14(15)19/h6-8,10H,5,9H2,1-4H3. The Morgan fingerprint density at radius 2 is 2.04 bits per heavy atom. The smallest absolute Gasteiger partial charge is 0.284 e. The molecule has 1 atom stereocenters. The van der Waals surface area contributed by atoms with Crippen LogP contribution < -0.4 is 4.74 Å². The topological polar surface area (TPSA) is 44.1 Å². The van der Waals surface area contributed by atoms with Gasteiger partial charge in [-0.3, -0.25) is 4.79 Å². The molecule has 1 heterocycles. The predicted molar refractivity (Wildman–Crippen MR) is 93.0 cm³/mol. The number of carbonyl (C=O) groups excluding carboxylic acids is 1. The lowest BCUT2D eigenvalue weighted by atomic mass is 9.97. The molecule has 2 aromatic rings. The quantitative estimate of drug-likeness (QED) is 0.755. The van der Waals surface area contributed by atoms with Gasteiger partial charge in [0, 0.05) is 10.7 Å². The van der Waals surface area contributed by atoms with E-state index in [9.17, 15) is 4.79 Å². The summed E-state index contributed by atoms with van der Waals surface area (Å²) in [6, 6.07) is 4.88. The summed E-state index contributed by atoms with van der Waals surface area (Å²) in [6.45, 7) is 7.96. The molecule has 4 nitrogen and oxygen atoms in total. The molecule has 0 amide bonds. The number of carbonyl (C=O) groups is 1. The Balaban J connectivity index is 2.15. The van der Waals surface area contributed by atoms with Crippen LogP contribution in [-0.2, 0) is 0 Å². The number of hydrogen-bond donors (Lipinski definition) is 0. The van der Waals surface area contributed by atoms with Crippen LogP contribution in [0.2, 0.25) is 10.0 Å². The van der Waals surface area contributed by atoms with Crippen molar-refractivity contribution in [3.8, 4) is 5.75 Å². The van der Waals surface area contributed by atoms with Crippen LogP contribution in [0.25, 0.3) is 0 Å². The van der Waals surface area contributed by atoms with E-state index < -0.39 is 0 Å². The summed E-state index contributed by atoms with van der Waals surface area (Å²) in [5, 5.41) is 5.25. The second-order valence-corrected chi connectivity index (χ2v) is 6.41. The summed E-state index contributed by atoms with van der Waals surface area (Å²) in [6.07, 6.45) is 0.998. The first-order chi connectivity index (χ1) is 10.8. The van der Waals surface area contributed by atoms with Crippen LogP contribution in [0.3, 0.4) is 0 Å². The second kappa shape index (κ2) is 7.37. The van der Waals surface area contributed by atoms with Crippen LogP contribution in [0.5, 0.6) is 5.75 Å². The van der Waals surface area contributed by atoms with Crippen molar-refractivity contribution in [1.29, 1.82) is 0 Å². The summed E-state index contributed by atoms with van der Waals surface area (Å²) < 4.78 is 6.92. The fraction of sp³-hybridized carbons (Fsp3) is 0.412. The van der Waals surface area contributed by atoms with E-state index >= 15 is 0 Å². The van der Waals surface area contributed by atoms with Crippen LogP contribution in [0.1, 0.15) is 47.9 Å². The molecule has 0 aliphatic heterocycles. The Hall–Kier alpha value is -1.52. The predicted octanol–water partition coefficient (Wildman–Crippen LogP) is 5.04. The number of nitrogens with zero attached hydrogens (tertiary/aromatic N) is 2. The van der Waals surface area contributed by atoms with Crippen molar-refractivity contribution in [1.82, 2.24) is 9.78 Å². The summed E-state index contributed by atoms with van der Waals surface area (Å²) in [4.78, 5) is 12.4. The van der Waals surface area contributed by atoms with Gasteiger partial charge >= 0.3 is 0 Å². The molecule has 124 valence electrons. The van der Waals surface area contributed by atoms with Gasteiger partial charge in [0.1, 0.15) is 5.75 Å². The maximum atomic E-state index is 12.4. The van der Waals surface area contributed by atoms with Gasteiger partial charge in [0.15, 0.2) is 6.61 Å². The van der Waals surface area contributed by atoms with Crippen LogP contribution in [0, 0.1) is 13.8 Å². The minimum absolute atomic E-state index is 0.136. The average Bonchev–Trinajstić information content (AvgIpc) is 2.80. The zero-order chi connectivity index (χ0) is 17.1. The Morgan fingerprint density at radius 1 is 1.35 bits per heavy atom. The van der Waals surface area contributed by atoms with Gasteiger partial charge in [-0.25, -0.2) is 4.68 Å². The largest absolute Gasteiger partial charge is 0.482 e. The SMILES string of the molecule is CCC(C)c1c(C)nn(C(=O)COc2ccc(Cl)cc2Cl)c1C. The molecule has 0 aliphatic rings. The van der Waals surface area contributed by atoms with E-state index in [-0.39, 0.29) is 12.5 Å². The molecule has 0 spiro atoms. The van der Waals surface area contributed by atoms with Crippen LogP contribution in [0.15, 0.2) is 18.2 Å². The van der Waals surface area contributed by atoms with Gasteiger partial charge in [-0.05, 0) is 49.9 Å². The molecule has 23 heavy (non-hydrogen) atoms. The number of aryl methyl sites for hydroxylation is 1. The van der Waals surface area contributed by atoms with Crippen molar-refractivity contribution < 1.29 is 9.53 Å². The molecule has 0 radical (unpaired) electrons. The minimum Gasteiger partial charge on any atom is -0.482 e. The fourth-order valence-corrected chi connectivity index (χ4v) is 3.07. The first-order valence-corrected chi connectivity index (χ1v) is 8.27. The highest BCUT2D eigenvalue weighted by Crippen LogP contribution is 2.28. The van der Waals surface area contributed by atoms with E-state index in [4.69, 9.17) is 27.9 Å². The Morgan fingerprint density at radius 3 is 2.65 bits per heavy atom. The van der Waals surface area contributed by atoms with Gasteiger partial charge in [0.2, 0.25) is 0 Å². The maximum absolute atomic E-state index is 12.4. The van der Waals surface area contributed by atoms with Gasteiger partial charge in [-0.15, -0.1) is 0 Å². The molecule has 0 fully saturated rings. The summed E-state index contributed by atoms with van der Waals surface area (Å²) in [5.74, 6) is 0.558. The number of aromatic nitrogens is 2. The summed E-state index contributed by atoms with van der Waals surface area (Å²) in [5.41, 5.74) is 2.88. The fourth-order valence-electron chi connectivity index (χ4n) is 2.61. The number of ether oxygens (including phenoxy) is 1. The molecular formula is C17H20Cl2N2O2. The molecule has 1 aromatic carbocycles. The third-order valence-electron chi connectivity index (χ3n) is 3.93. The Bertz CT molecular complexity index is 726. The lowest BCUT2D eigenvalue weighted by Gasteiger charge is -2.10. The monoisotopic (exact) mass is 354 g/mol. The third-order valence-corrected chi connectivity index (χ3v) is 4.46.